The third-order valence-electron chi connectivity index (χ3n) is 11.7. The Hall–Kier alpha value is -2.11. The van der Waals surface area contributed by atoms with Crippen LogP contribution in [-0.4, -0.2) is 37.2 Å². The monoisotopic (exact) mass is 845 g/mol. The fourth-order valence-electron chi connectivity index (χ4n) is 7.72. The minimum absolute atomic E-state index is 0.0746. The summed E-state index contributed by atoms with van der Waals surface area (Å²) >= 11 is 0. The Balaban J connectivity index is 4.31. The molecule has 0 N–H and O–H groups in total. The van der Waals surface area contributed by atoms with E-state index in [1.54, 1.807) is 0 Å². The van der Waals surface area contributed by atoms with Crippen LogP contribution in [0.25, 0.3) is 0 Å². The first-order valence-electron chi connectivity index (χ1n) is 26.4. The zero-order chi connectivity index (χ0) is 43.7. The van der Waals surface area contributed by atoms with Gasteiger partial charge in [-0.25, -0.2) is 0 Å². The van der Waals surface area contributed by atoms with Crippen LogP contribution < -0.4 is 0 Å². The van der Waals surface area contributed by atoms with Gasteiger partial charge in [-0.05, 0) is 38.5 Å². The topological polar surface area (TPSA) is 78.9 Å². The van der Waals surface area contributed by atoms with E-state index in [4.69, 9.17) is 14.2 Å². The number of unbranched alkanes of at least 4 members (excludes halogenated alkanes) is 34. The Kier molecular flexibility index (Phi) is 47.8. The largest absolute Gasteiger partial charge is 0.462 e. The lowest BCUT2D eigenvalue weighted by Gasteiger charge is -2.18. The lowest BCUT2D eigenvalue weighted by molar-refractivity contribution is -0.167. The Morgan fingerprint density at radius 2 is 0.600 bits per heavy atom. The van der Waals surface area contributed by atoms with Crippen molar-refractivity contribution in [3.63, 3.8) is 0 Å². The Labute approximate surface area is 373 Å². The van der Waals surface area contributed by atoms with Gasteiger partial charge in [-0.1, -0.05) is 251 Å². The molecule has 0 saturated carbocycles. The second-order valence-corrected chi connectivity index (χ2v) is 17.8. The third-order valence-corrected chi connectivity index (χ3v) is 11.7. The quantitative estimate of drug-likeness (QED) is 0.0263. The van der Waals surface area contributed by atoms with E-state index in [1.165, 1.54) is 173 Å². The van der Waals surface area contributed by atoms with Crippen LogP contribution in [0.5, 0.6) is 0 Å². The molecule has 0 aromatic rings. The molecule has 0 rings (SSSR count). The molecular weight excluding hydrogens is 745 g/mol. The second-order valence-electron chi connectivity index (χ2n) is 17.8. The molecule has 60 heavy (non-hydrogen) atoms. The van der Waals surface area contributed by atoms with Gasteiger partial charge in [-0.15, -0.1) is 0 Å². The van der Waals surface area contributed by atoms with Gasteiger partial charge in [0.05, 0.1) is 0 Å². The number of allylic oxidation sites excluding steroid dienone is 4. The molecule has 0 aromatic carbocycles. The minimum Gasteiger partial charge on any atom is -0.462 e. The molecule has 0 spiro atoms. The predicted octanol–water partition coefficient (Wildman–Crippen LogP) is 17.2. The first-order valence-corrected chi connectivity index (χ1v) is 26.4. The lowest BCUT2D eigenvalue weighted by atomic mass is 10.0. The summed E-state index contributed by atoms with van der Waals surface area (Å²) in [6.45, 7) is 6.60. The maximum atomic E-state index is 12.8. The number of esters is 3. The van der Waals surface area contributed by atoms with Crippen LogP contribution in [0.4, 0.5) is 0 Å². The molecule has 0 radical (unpaired) electrons. The van der Waals surface area contributed by atoms with Gasteiger partial charge in [-0.2, -0.15) is 0 Å². The van der Waals surface area contributed by atoms with E-state index in [0.717, 1.165) is 70.6 Å². The lowest BCUT2D eigenvalue weighted by Crippen LogP contribution is -2.30. The zero-order valence-electron chi connectivity index (χ0n) is 40.2. The van der Waals surface area contributed by atoms with Gasteiger partial charge in [0.2, 0.25) is 0 Å². The van der Waals surface area contributed by atoms with E-state index in [1.807, 2.05) is 0 Å². The molecule has 0 aliphatic heterocycles. The molecule has 0 heterocycles. The summed E-state index contributed by atoms with van der Waals surface area (Å²) in [4.78, 5) is 37.9. The maximum absolute atomic E-state index is 12.8. The fraction of sp³-hybridized carbons (Fsp3) is 0.870. The molecule has 0 saturated heterocycles. The standard InChI is InChI=1S/C54H100O6/c1-4-7-10-13-16-19-22-24-26-27-28-30-32-35-38-41-44-47-53(56)59-50-51(49-58-52(55)46-43-40-37-34-31-21-18-15-12-9-6-3)60-54(57)48-45-42-39-36-33-29-25-23-20-17-14-11-8-5-2/h15,18,21,31,51H,4-14,16-17,19-20,22-30,32-50H2,1-3H3/b18-15-,31-21-. The molecule has 1 atom stereocenters. The van der Waals surface area contributed by atoms with Crippen molar-refractivity contribution in [3.05, 3.63) is 24.3 Å². The number of rotatable bonds is 48. The van der Waals surface area contributed by atoms with Crippen LogP contribution in [0.3, 0.4) is 0 Å². The molecule has 0 aromatic heterocycles. The number of carbonyl (C=O) groups is 3. The van der Waals surface area contributed by atoms with Crippen LogP contribution in [0.15, 0.2) is 24.3 Å². The van der Waals surface area contributed by atoms with Gasteiger partial charge in [0.1, 0.15) is 13.2 Å². The van der Waals surface area contributed by atoms with Gasteiger partial charge < -0.3 is 14.2 Å². The van der Waals surface area contributed by atoms with Crippen LogP contribution in [0.2, 0.25) is 0 Å². The molecule has 0 aliphatic carbocycles. The SMILES string of the molecule is CCCC/C=C\C=C/CCCCCC(=O)OCC(COC(=O)CCCCCCCCCCCCCCCCCCC)OC(=O)CCCCCCCCCCCCCCCC. The Morgan fingerprint density at radius 1 is 0.333 bits per heavy atom. The van der Waals surface area contributed by atoms with Crippen molar-refractivity contribution in [2.45, 2.75) is 290 Å². The predicted molar refractivity (Wildman–Crippen MR) is 256 cm³/mol. The summed E-state index contributed by atoms with van der Waals surface area (Å²) in [6.07, 6.45) is 55.9. The molecule has 6 nitrogen and oxygen atoms in total. The number of hydrogen-bond acceptors (Lipinski definition) is 6. The number of carbonyl (C=O) groups excluding carboxylic acids is 3. The Bertz CT molecular complexity index is 973. The summed E-state index contributed by atoms with van der Waals surface area (Å²) in [5, 5.41) is 0. The third kappa shape index (κ3) is 46.9. The van der Waals surface area contributed by atoms with Gasteiger partial charge in [0, 0.05) is 19.3 Å². The van der Waals surface area contributed by atoms with Crippen molar-refractivity contribution in [2.75, 3.05) is 13.2 Å². The minimum atomic E-state index is -0.775. The second kappa shape index (κ2) is 49.5. The van der Waals surface area contributed by atoms with E-state index < -0.39 is 6.10 Å². The fourth-order valence-corrected chi connectivity index (χ4v) is 7.72. The highest BCUT2D eigenvalue weighted by atomic mass is 16.6. The van der Waals surface area contributed by atoms with Crippen molar-refractivity contribution >= 4 is 17.9 Å². The van der Waals surface area contributed by atoms with Crippen molar-refractivity contribution in [3.8, 4) is 0 Å². The summed E-state index contributed by atoms with van der Waals surface area (Å²) in [6, 6.07) is 0. The van der Waals surface area contributed by atoms with Gasteiger partial charge >= 0.3 is 17.9 Å². The van der Waals surface area contributed by atoms with Crippen molar-refractivity contribution in [1.29, 1.82) is 0 Å². The van der Waals surface area contributed by atoms with Crippen molar-refractivity contribution < 1.29 is 28.6 Å². The number of hydrogen-bond donors (Lipinski definition) is 0. The van der Waals surface area contributed by atoms with Crippen LogP contribution in [-0.2, 0) is 28.6 Å². The summed E-state index contributed by atoms with van der Waals surface area (Å²) in [7, 11) is 0. The maximum Gasteiger partial charge on any atom is 0.306 e. The highest BCUT2D eigenvalue weighted by Gasteiger charge is 2.19. The summed E-state index contributed by atoms with van der Waals surface area (Å²) in [5.74, 6) is -0.888. The van der Waals surface area contributed by atoms with Crippen LogP contribution in [0, 0.1) is 0 Å². The smallest absolute Gasteiger partial charge is 0.306 e. The normalized spacial score (nSPS) is 12.1. The zero-order valence-corrected chi connectivity index (χ0v) is 40.2. The first kappa shape index (κ1) is 57.9. The Morgan fingerprint density at radius 3 is 0.933 bits per heavy atom. The average molecular weight is 845 g/mol. The molecular formula is C54H100O6. The van der Waals surface area contributed by atoms with Gasteiger partial charge in [0.15, 0.2) is 6.10 Å². The molecule has 1 unspecified atom stereocenters. The molecule has 0 aliphatic rings. The molecule has 352 valence electrons. The van der Waals surface area contributed by atoms with E-state index in [0.29, 0.717) is 19.3 Å². The van der Waals surface area contributed by atoms with E-state index in [-0.39, 0.29) is 31.1 Å². The van der Waals surface area contributed by atoms with Gasteiger partial charge in [0.25, 0.3) is 0 Å². The van der Waals surface area contributed by atoms with Crippen molar-refractivity contribution in [1.82, 2.24) is 0 Å². The van der Waals surface area contributed by atoms with E-state index in [9.17, 15) is 14.4 Å². The first-order chi connectivity index (χ1) is 29.5. The molecule has 0 fully saturated rings. The van der Waals surface area contributed by atoms with E-state index in [2.05, 4.69) is 45.1 Å². The summed E-state index contributed by atoms with van der Waals surface area (Å²) in [5.41, 5.74) is 0. The summed E-state index contributed by atoms with van der Waals surface area (Å²) < 4.78 is 16.8. The highest BCUT2D eigenvalue weighted by Crippen LogP contribution is 2.16. The number of ether oxygens (including phenoxy) is 3. The average Bonchev–Trinajstić information content (AvgIpc) is 3.24. The molecule has 0 amide bonds. The molecule has 6 heteroatoms. The highest BCUT2D eigenvalue weighted by molar-refractivity contribution is 5.71. The van der Waals surface area contributed by atoms with Crippen LogP contribution >= 0.6 is 0 Å². The van der Waals surface area contributed by atoms with E-state index >= 15 is 0 Å². The molecule has 0 bridgehead atoms. The van der Waals surface area contributed by atoms with Crippen LogP contribution in [0.1, 0.15) is 284 Å². The van der Waals surface area contributed by atoms with Crippen molar-refractivity contribution in [2.24, 2.45) is 0 Å². The van der Waals surface area contributed by atoms with Gasteiger partial charge in [-0.3, -0.25) is 14.4 Å².